The average molecular weight is 212 g/mol. The Morgan fingerprint density at radius 3 is 2.56 bits per heavy atom. The van der Waals surface area contributed by atoms with E-state index in [1.54, 1.807) is 0 Å². The summed E-state index contributed by atoms with van der Waals surface area (Å²) < 4.78 is 0. The summed E-state index contributed by atoms with van der Waals surface area (Å²) in [7, 11) is 0. The van der Waals surface area contributed by atoms with Crippen LogP contribution in [-0.4, -0.2) is 9.97 Å². The number of rotatable bonds is 3. The van der Waals surface area contributed by atoms with E-state index >= 15 is 0 Å². The molecule has 0 radical (unpaired) electrons. The molecule has 2 nitrogen and oxygen atoms in total. The molecule has 0 unspecified atom stereocenters. The van der Waals surface area contributed by atoms with Gasteiger partial charge >= 0.3 is 0 Å². The minimum Gasteiger partial charge on any atom is -0.261 e. The number of nitrogens with zero attached hydrogens (tertiary/aromatic N) is 2. The van der Waals surface area contributed by atoms with Crippen LogP contribution in [0.2, 0.25) is 0 Å². The van der Waals surface area contributed by atoms with Gasteiger partial charge in [-0.05, 0) is 37.1 Å². The van der Waals surface area contributed by atoms with E-state index in [-0.39, 0.29) is 0 Å². The van der Waals surface area contributed by atoms with Crippen molar-refractivity contribution in [2.24, 2.45) is 0 Å². The molecule has 0 fully saturated rings. The van der Waals surface area contributed by atoms with E-state index in [0.29, 0.717) is 0 Å². The van der Waals surface area contributed by atoms with E-state index < -0.39 is 0 Å². The summed E-state index contributed by atoms with van der Waals surface area (Å²) in [5.74, 6) is 0. The molecule has 0 amide bonds. The quantitative estimate of drug-likeness (QED) is 0.780. The van der Waals surface area contributed by atoms with Crippen molar-refractivity contribution < 1.29 is 0 Å². The second-order valence-corrected chi connectivity index (χ2v) is 3.76. The van der Waals surface area contributed by atoms with Gasteiger partial charge in [0, 0.05) is 23.1 Å². The molecule has 2 rings (SSSR count). The highest BCUT2D eigenvalue weighted by Crippen LogP contribution is 2.17. The molecule has 0 atom stereocenters. The molecule has 82 valence electrons. The lowest BCUT2D eigenvalue weighted by Crippen LogP contribution is -1.92. The maximum Gasteiger partial charge on any atom is 0.0706 e. The maximum absolute atomic E-state index is 4.61. The Kier molecular flexibility index (Phi) is 3.30. The fourth-order valence-corrected chi connectivity index (χ4v) is 1.67. The van der Waals surface area contributed by atoms with Crippen LogP contribution in [0.25, 0.3) is 11.3 Å². The lowest BCUT2D eigenvalue weighted by molar-refractivity contribution is 1.02. The van der Waals surface area contributed by atoms with Crippen LogP contribution >= 0.6 is 0 Å². The predicted octanol–water partition coefficient (Wildman–Crippen LogP) is 3.27. The molecule has 2 aromatic rings. The van der Waals surface area contributed by atoms with E-state index in [1.807, 2.05) is 18.3 Å². The molecule has 0 aliphatic rings. The topological polar surface area (TPSA) is 25.8 Å². The van der Waals surface area contributed by atoms with Crippen LogP contribution in [-0.2, 0) is 12.8 Å². The van der Waals surface area contributed by atoms with Gasteiger partial charge in [0.25, 0.3) is 0 Å². The summed E-state index contributed by atoms with van der Waals surface area (Å²) in [6.45, 7) is 4.23. The van der Waals surface area contributed by atoms with Crippen molar-refractivity contribution >= 4 is 0 Å². The second kappa shape index (κ2) is 4.88. The molecule has 0 spiro atoms. The summed E-state index contributed by atoms with van der Waals surface area (Å²) in [4.78, 5) is 8.91. The van der Waals surface area contributed by atoms with E-state index in [1.165, 1.54) is 0 Å². The van der Waals surface area contributed by atoms with Gasteiger partial charge in [-0.15, -0.1) is 0 Å². The lowest BCUT2D eigenvalue weighted by Gasteiger charge is -2.04. The first-order chi connectivity index (χ1) is 7.83. The Balaban J connectivity index is 2.41. The number of aryl methyl sites for hydroxylation is 2. The average Bonchev–Trinajstić information content (AvgIpc) is 2.39. The number of hydrogen-bond donors (Lipinski definition) is 0. The molecule has 0 aliphatic carbocycles. The summed E-state index contributed by atoms with van der Waals surface area (Å²) in [5.41, 5.74) is 4.44. The third-order valence-electron chi connectivity index (χ3n) is 2.64. The predicted molar refractivity (Wildman–Crippen MR) is 66.2 cm³/mol. The molecule has 0 aliphatic heterocycles. The summed E-state index contributed by atoms with van der Waals surface area (Å²) in [6.07, 6.45) is 3.79. The van der Waals surface area contributed by atoms with Crippen LogP contribution in [0, 0.1) is 0 Å². The molecule has 2 heterocycles. The first-order valence-corrected chi connectivity index (χ1v) is 5.74. The smallest absolute Gasteiger partial charge is 0.0706 e. The van der Waals surface area contributed by atoms with Crippen LogP contribution in [0.3, 0.4) is 0 Å². The largest absolute Gasteiger partial charge is 0.261 e. The van der Waals surface area contributed by atoms with E-state index in [9.17, 15) is 0 Å². The van der Waals surface area contributed by atoms with Crippen molar-refractivity contribution in [1.82, 2.24) is 9.97 Å². The molecule has 2 heteroatoms. The van der Waals surface area contributed by atoms with E-state index in [0.717, 1.165) is 35.5 Å². The Bertz CT molecular complexity index is 432. The summed E-state index contributed by atoms with van der Waals surface area (Å²) in [6, 6.07) is 10.3. The van der Waals surface area contributed by atoms with Gasteiger partial charge in [0.1, 0.15) is 0 Å². The molecular weight excluding hydrogens is 196 g/mol. The summed E-state index contributed by atoms with van der Waals surface area (Å²) >= 11 is 0. The number of hydrogen-bond acceptors (Lipinski definition) is 2. The van der Waals surface area contributed by atoms with Crippen molar-refractivity contribution in [3.05, 3.63) is 47.9 Å². The van der Waals surface area contributed by atoms with Gasteiger partial charge in [0.2, 0.25) is 0 Å². The first kappa shape index (κ1) is 10.8. The third-order valence-corrected chi connectivity index (χ3v) is 2.64. The Labute approximate surface area is 96.4 Å². The van der Waals surface area contributed by atoms with Crippen molar-refractivity contribution in [3.63, 3.8) is 0 Å². The Morgan fingerprint density at radius 2 is 1.81 bits per heavy atom. The SMILES string of the molecule is CCc1cc(-c2cccc(CC)n2)ccn1. The minimum atomic E-state index is 0.960. The normalized spacial score (nSPS) is 10.4. The molecule has 16 heavy (non-hydrogen) atoms. The van der Waals surface area contributed by atoms with Crippen LogP contribution < -0.4 is 0 Å². The monoisotopic (exact) mass is 212 g/mol. The highest BCUT2D eigenvalue weighted by Gasteiger charge is 2.01. The van der Waals surface area contributed by atoms with Crippen LogP contribution in [0.1, 0.15) is 25.2 Å². The molecular formula is C14H16N2. The van der Waals surface area contributed by atoms with Crippen LogP contribution in [0.15, 0.2) is 36.5 Å². The Hall–Kier alpha value is -1.70. The van der Waals surface area contributed by atoms with Crippen molar-refractivity contribution in [1.29, 1.82) is 0 Å². The van der Waals surface area contributed by atoms with Crippen molar-refractivity contribution in [3.8, 4) is 11.3 Å². The van der Waals surface area contributed by atoms with Gasteiger partial charge in [-0.1, -0.05) is 19.9 Å². The third kappa shape index (κ3) is 2.27. The van der Waals surface area contributed by atoms with Gasteiger partial charge in [-0.3, -0.25) is 9.97 Å². The van der Waals surface area contributed by atoms with Gasteiger partial charge in [-0.2, -0.15) is 0 Å². The fraction of sp³-hybridized carbons (Fsp3) is 0.286. The van der Waals surface area contributed by atoms with Gasteiger partial charge in [-0.25, -0.2) is 0 Å². The molecule has 2 aromatic heterocycles. The highest BCUT2D eigenvalue weighted by molar-refractivity contribution is 5.59. The van der Waals surface area contributed by atoms with Gasteiger partial charge in [0.05, 0.1) is 5.69 Å². The zero-order chi connectivity index (χ0) is 11.4. The molecule has 0 saturated heterocycles. The summed E-state index contributed by atoms with van der Waals surface area (Å²) in [5, 5.41) is 0. The van der Waals surface area contributed by atoms with Crippen molar-refractivity contribution in [2.75, 3.05) is 0 Å². The van der Waals surface area contributed by atoms with Gasteiger partial charge in [0.15, 0.2) is 0 Å². The number of aromatic nitrogens is 2. The lowest BCUT2D eigenvalue weighted by atomic mass is 10.1. The zero-order valence-electron chi connectivity index (χ0n) is 9.77. The van der Waals surface area contributed by atoms with Crippen LogP contribution in [0.4, 0.5) is 0 Å². The molecule has 0 saturated carbocycles. The standard InChI is InChI=1S/C14H16N2/c1-3-12-6-5-7-14(16-12)11-8-9-15-13(4-2)10-11/h5-10H,3-4H2,1-2H3. The highest BCUT2D eigenvalue weighted by atomic mass is 14.7. The Morgan fingerprint density at radius 1 is 1.00 bits per heavy atom. The molecule has 0 aromatic carbocycles. The van der Waals surface area contributed by atoms with E-state index in [2.05, 4.69) is 42.0 Å². The second-order valence-electron chi connectivity index (χ2n) is 3.76. The first-order valence-electron chi connectivity index (χ1n) is 5.74. The maximum atomic E-state index is 4.61. The van der Waals surface area contributed by atoms with Gasteiger partial charge < -0.3 is 0 Å². The van der Waals surface area contributed by atoms with E-state index in [4.69, 9.17) is 0 Å². The number of pyridine rings is 2. The van der Waals surface area contributed by atoms with Crippen LogP contribution in [0.5, 0.6) is 0 Å². The molecule has 0 bridgehead atoms. The fourth-order valence-electron chi connectivity index (χ4n) is 1.67. The van der Waals surface area contributed by atoms with Crippen molar-refractivity contribution in [2.45, 2.75) is 26.7 Å². The molecule has 0 N–H and O–H groups in total. The minimum absolute atomic E-state index is 0.960. The zero-order valence-corrected chi connectivity index (χ0v) is 9.77.